The third-order valence-electron chi connectivity index (χ3n) is 6.25. The third-order valence-corrected chi connectivity index (χ3v) is 6.25. The van der Waals surface area contributed by atoms with E-state index in [1.165, 1.54) is 0 Å². The minimum atomic E-state index is -0.440. The second kappa shape index (κ2) is 8.78. The first kappa shape index (κ1) is 20.9. The molecule has 0 aliphatic carbocycles. The van der Waals surface area contributed by atoms with Gasteiger partial charge >= 0.3 is 0 Å². The van der Waals surface area contributed by atoms with Crippen molar-refractivity contribution < 1.29 is 14.6 Å². The molecule has 4 rings (SSSR count). The number of aliphatic hydroxyl groups is 1. The molecule has 2 aromatic rings. The van der Waals surface area contributed by atoms with Crippen LogP contribution in [0.5, 0.6) is 5.75 Å². The molecule has 162 valence electrons. The van der Waals surface area contributed by atoms with E-state index >= 15 is 0 Å². The predicted molar refractivity (Wildman–Crippen MR) is 115 cm³/mol. The van der Waals surface area contributed by atoms with Gasteiger partial charge in [-0.05, 0) is 44.4 Å². The molecular formula is C23H32N4O3. The summed E-state index contributed by atoms with van der Waals surface area (Å²) in [5.41, 5.74) is 3.84. The van der Waals surface area contributed by atoms with Gasteiger partial charge in [-0.15, -0.1) is 0 Å². The average Bonchev–Trinajstić information content (AvgIpc) is 3.11. The maximum Gasteiger partial charge on any atom is 0.274 e. The van der Waals surface area contributed by atoms with E-state index in [1.54, 1.807) is 12.0 Å². The molecule has 1 saturated heterocycles. The van der Waals surface area contributed by atoms with Crippen molar-refractivity contribution in [3.05, 3.63) is 46.8 Å². The maximum atomic E-state index is 13.4. The monoisotopic (exact) mass is 412 g/mol. The number of carbonyl (C=O) groups is 1. The summed E-state index contributed by atoms with van der Waals surface area (Å²) in [6.07, 6.45) is 2.02. The second-order valence-corrected chi connectivity index (χ2v) is 8.64. The molecule has 3 heterocycles. The Morgan fingerprint density at radius 1 is 1.33 bits per heavy atom. The lowest BCUT2D eigenvalue weighted by Gasteiger charge is -2.32. The lowest BCUT2D eigenvalue weighted by atomic mass is 10.0. The van der Waals surface area contributed by atoms with Crippen molar-refractivity contribution in [3.8, 4) is 5.75 Å². The summed E-state index contributed by atoms with van der Waals surface area (Å²) < 4.78 is 7.35. The molecule has 2 aliphatic rings. The Bertz CT molecular complexity index is 908. The van der Waals surface area contributed by atoms with Crippen LogP contribution in [-0.4, -0.2) is 69.5 Å². The Morgan fingerprint density at radius 3 is 2.90 bits per heavy atom. The van der Waals surface area contributed by atoms with Crippen LogP contribution in [0, 0.1) is 0 Å². The first-order valence-electron chi connectivity index (χ1n) is 10.9. The van der Waals surface area contributed by atoms with E-state index in [1.807, 2.05) is 22.9 Å². The van der Waals surface area contributed by atoms with Crippen molar-refractivity contribution in [1.29, 1.82) is 0 Å². The lowest BCUT2D eigenvalue weighted by molar-refractivity contribution is 0.0466. The number of rotatable bonds is 5. The number of aliphatic hydroxyl groups excluding tert-OH is 1. The average molecular weight is 413 g/mol. The minimum Gasteiger partial charge on any atom is -0.497 e. The van der Waals surface area contributed by atoms with Crippen molar-refractivity contribution >= 4 is 5.91 Å². The fraction of sp³-hybridized carbons (Fsp3) is 0.565. The molecule has 1 atom stereocenters. The number of aromatic nitrogens is 2. The van der Waals surface area contributed by atoms with Crippen LogP contribution in [-0.2, 0) is 19.5 Å². The van der Waals surface area contributed by atoms with Crippen LogP contribution in [0.2, 0.25) is 0 Å². The van der Waals surface area contributed by atoms with Gasteiger partial charge in [0, 0.05) is 49.9 Å². The van der Waals surface area contributed by atoms with Gasteiger partial charge in [0.25, 0.3) is 5.91 Å². The van der Waals surface area contributed by atoms with Gasteiger partial charge in [-0.25, -0.2) is 0 Å². The highest BCUT2D eigenvalue weighted by atomic mass is 16.5. The van der Waals surface area contributed by atoms with Gasteiger partial charge in [0.2, 0.25) is 0 Å². The number of nitrogens with zero attached hydrogens (tertiary/aromatic N) is 4. The number of fused-ring (bicyclic) bond motifs is 1. The Kier molecular flexibility index (Phi) is 6.11. The number of hydrogen-bond donors (Lipinski definition) is 1. The van der Waals surface area contributed by atoms with E-state index in [2.05, 4.69) is 24.8 Å². The summed E-state index contributed by atoms with van der Waals surface area (Å²) in [6, 6.07) is 8.40. The second-order valence-electron chi connectivity index (χ2n) is 8.64. The number of amides is 1. The smallest absolute Gasteiger partial charge is 0.274 e. The van der Waals surface area contributed by atoms with E-state index in [-0.39, 0.29) is 5.91 Å². The van der Waals surface area contributed by atoms with Crippen LogP contribution in [0.4, 0.5) is 0 Å². The van der Waals surface area contributed by atoms with E-state index in [0.29, 0.717) is 31.4 Å². The molecule has 7 nitrogen and oxygen atoms in total. The first-order chi connectivity index (χ1) is 14.5. The van der Waals surface area contributed by atoms with Crippen molar-refractivity contribution in [2.75, 3.05) is 26.7 Å². The van der Waals surface area contributed by atoms with Gasteiger partial charge in [0.05, 0.1) is 19.8 Å². The van der Waals surface area contributed by atoms with Crippen LogP contribution < -0.4 is 4.74 Å². The Hall–Kier alpha value is -2.38. The van der Waals surface area contributed by atoms with Crippen LogP contribution in [0.3, 0.4) is 0 Å². The number of benzene rings is 1. The number of piperidine rings is 1. The number of methoxy groups -OCH3 is 1. The molecule has 1 aromatic heterocycles. The van der Waals surface area contributed by atoms with Crippen molar-refractivity contribution in [2.45, 2.75) is 58.3 Å². The van der Waals surface area contributed by atoms with Crippen LogP contribution in [0.1, 0.15) is 54.0 Å². The van der Waals surface area contributed by atoms with Gasteiger partial charge < -0.3 is 14.7 Å². The summed E-state index contributed by atoms with van der Waals surface area (Å²) in [5, 5.41) is 14.9. The molecule has 2 aliphatic heterocycles. The molecule has 0 bridgehead atoms. The molecule has 7 heteroatoms. The molecule has 1 amide bonds. The summed E-state index contributed by atoms with van der Waals surface area (Å²) in [6.45, 7) is 7.76. The largest absolute Gasteiger partial charge is 0.497 e. The van der Waals surface area contributed by atoms with E-state index in [0.717, 1.165) is 54.9 Å². The molecule has 1 aromatic carbocycles. The molecule has 1 fully saturated rings. The summed E-state index contributed by atoms with van der Waals surface area (Å²) in [7, 11) is 1.67. The fourth-order valence-corrected chi connectivity index (χ4v) is 4.49. The van der Waals surface area contributed by atoms with Crippen LogP contribution >= 0.6 is 0 Å². The first-order valence-corrected chi connectivity index (χ1v) is 10.9. The zero-order valence-electron chi connectivity index (χ0n) is 18.2. The number of β-amino-alcohol motifs (C(OH)–C–C–N with tert-alkyl or cyclic N) is 1. The maximum absolute atomic E-state index is 13.4. The molecular weight excluding hydrogens is 380 g/mol. The van der Waals surface area contributed by atoms with Gasteiger partial charge in [0.15, 0.2) is 5.69 Å². The normalized spacial score (nSPS) is 19.8. The Labute approximate surface area is 178 Å². The highest BCUT2D eigenvalue weighted by Gasteiger charge is 2.32. The number of carbonyl (C=O) groups excluding carboxylic acids is 1. The summed E-state index contributed by atoms with van der Waals surface area (Å²) in [5.74, 6) is 0.762. The summed E-state index contributed by atoms with van der Waals surface area (Å²) >= 11 is 0. The van der Waals surface area contributed by atoms with Crippen molar-refractivity contribution in [2.24, 2.45) is 0 Å². The predicted octanol–water partition coefficient (Wildman–Crippen LogP) is 2.30. The zero-order valence-corrected chi connectivity index (χ0v) is 18.2. The van der Waals surface area contributed by atoms with E-state index in [4.69, 9.17) is 9.84 Å². The SMILES string of the molecule is COc1cccc(Cn2nc(C(=O)N3CCCC(O)C3)c3c2CCN(C(C)C)C3)c1. The molecule has 0 spiro atoms. The highest BCUT2D eigenvalue weighted by Crippen LogP contribution is 2.27. The lowest BCUT2D eigenvalue weighted by Crippen LogP contribution is -2.43. The molecule has 0 saturated carbocycles. The number of hydrogen-bond acceptors (Lipinski definition) is 5. The zero-order chi connectivity index (χ0) is 21.3. The fourth-order valence-electron chi connectivity index (χ4n) is 4.49. The number of ether oxygens (including phenoxy) is 1. The van der Waals surface area contributed by atoms with Gasteiger partial charge in [-0.3, -0.25) is 14.4 Å². The minimum absolute atomic E-state index is 0.0556. The number of likely N-dealkylation sites (tertiary alicyclic amines) is 1. The van der Waals surface area contributed by atoms with Crippen molar-refractivity contribution in [3.63, 3.8) is 0 Å². The highest BCUT2D eigenvalue weighted by molar-refractivity contribution is 5.94. The van der Waals surface area contributed by atoms with Crippen molar-refractivity contribution in [1.82, 2.24) is 19.6 Å². The van der Waals surface area contributed by atoms with Crippen LogP contribution in [0.15, 0.2) is 24.3 Å². The standard InChI is InChI=1S/C23H32N4O3/c1-16(2)25-11-9-21-20(15-25)22(23(29)26-10-5-7-18(28)14-26)24-27(21)13-17-6-4-8-19(12-17)30-3/h4,6,8,12,16,18,28H,5,7,9-11,13-15H2,1-3H3. The molecule has 0 radical (unpaired) electrons. The van der Waals surface area contributed by atoms with Crippen LogP contribution in [0.25, 0.3) is 0 Å². The van der Waals surface area contributed by atoms with Gasteiger partial charge in [-0.1, -0.05) is 12.1 Å². The van der Waals surface area contributed by atoms with E-state index < -0.39 is 6.10 Å². The molecule has 1 N–H and O–H groups in total. The van der Waals surface area contributed by atoms with Gasteiger partial charge in [-0.2, -0.15) is 5.10 Å². The Morgan fingerprint density at radius 2 is 2.17 bits per heavy atom. The van der Waals surface area contributed by atoms with E-state index in [9.17, 15) is 9.90 Å². The summed E-state index contributed by atoms with van der Waals surface area (Å²) in [4.78, 5) is 17.5. The molecule has 30 heavy (non-hydrogen) atoms. The molecule has 1 unspecified atom stereocenters. The van der Waals surface area contributed by atoms with Gasteiger partial charge in [0.1, 0.15) is 5.75 Å². The quantitative estimate of drug-likeness (QED) is 0.816. The Balaban J connectivity index is 1.67. The topological polar surface area (TPSA) is 70.8 Å². The third kappa shape index (κ3) is 4.23.